The maximum Gasteiger partial charge on any atom is 0.222 e. The van der Waals surface area contributed by atoms with E-state index in [0.717, 1.165) is 74.3 Å². The maximum absolute atomic E-state index is 12.4. The van der Waals surface area contributed by atoms with Crippen molar-refractivity contribution in [3.8, 4) is 0 Å². The summed E-state index contributed by atoms with van der Waals surface area (Å²) in [6.07, 6.45) is 14.7. The topological polar surface area (TPSA) is 40.5 Å². The summed E-state index contributed by atoms with van der Waals surface area (Å²) in [5.41, 5.74) is 0.0580. The van der Waals surface area contributed by atoms with Gasteiger partial charge in [-0.2, -0.15) is 0 Å². The van der Waals surface area contributed by atoms with Gasteiger partial charge in [0, 0.05) is 19.5 Å². The molecule has 28 heavy (non-hydrogen) atoms. The first-order valence-corrected chi connectivity index (χ1v) is 12.4. The molecule has 3 heteroatoms. The van der Waals surface area contributed by atoms with Gasteiger partial charge >= 0.3 is 0 Å². The Morgan fingerprint density at radius 1 is 0.964 bits per heavy atom. The van der Waals surface area contributed by atoms with E-state index in [-0.39, 0.29) is 0 Å². The van der Waals surface area contributed by atoms with Crippen LogP contribution >= 0.6 is 0 Å². The third kappa shape index (κ3) is 3.15. The zero-order chi connectivity index (χ0) is 19.5. The van der Waals surface area contributed by atoms with Crippen LogP contribution < -0.4 is 0 Å². The molecule has 0 aromatic heterocycles. The molecule has 0 bridgehead atoms. The monoisotopic (exact) mass is 387 g/mol. The number of piperidine rings is 1. The largest absolute Gasteiger partial charge is 0.390 e. The summed E-state index contributed by atoms with van der Waals surface area (Å²) < 4.78 is 0. The molecule has 5 fully saturated rings. The molecule has 1 aliphatic heterocycles. The summed E-state index contributed by atoms with van der Waals surface area (Å²) in [4.78, 5) is 14.6. The molecule has 5 rings (SSSR count). The van der Waals surface area contributed by atoms with Gasteiger partial charge in [0.15, 0.2) is 0 Å². The molecule has 5 aliphatic rings. The summed E-state index contributed by atoms with van der Waals surface area (Å²) >= 11 is 0. The molecule has 1 N–H and O–H groups in total. The van der Waals surface area contributed by atoms with Crippen LogP contribution in [-0.2, 0) is 4.79 Å². The Hall–Kier alpha value is -0.570. The lowest BCUT2D eigenvalue weighted by molar-refractivity contribution is -0.135. The normalized spacial score (nSPS) is 51.4. The van der Waals surface area contributed by atoms with Crippen LogP contribution in [0.15, 0.2) is 0 Å². The standard InChI is InChI=1S/C25H41NO2/c1-24(28)12-10-19-17(15-24)6-8-21-20(19)11-13-25(2)18(7-9-22(21)25)16-26-14-4-3-5-23(26)27/h17-22,28H,3-16H2,1-2H3/t17-,18-,19+,20-,21-,22+,24-,25-/m1/s1. The van der Waals surface area contributed by atoms with E-state index in [1.807, 2.05) is 0 Å². The Bertz CT molecular complexity index is 616. The molecule has 8 atom stereocenters. The number of carbonyl (C=O) groups is 1. The Morgan fingerprint density at radius 2 is 1.79 bits per heavy atom. The van der Waals surface area contributed by atoms with Crippen LogP contribution in [0.5, 0.6) is 0 Å². The van der Waals surface area contributed by atoms with Gasteiger partial charge in [-0.3, -0.25) is 4.79 Å². The molecule has 0 radical (unpaired) electrons. The number of carbonyl (C=O) groups excluding carboxylic acids is 1. The van der Waals surface area contributed by atoms with Crippen molar-refractivity contribution in [3.05, 3.63) is 0 Å². The highest BCUT2D eigenvalue weighted by Gasteiger charge is 2.57. The van der Waals surface area contributed by atoms with Crippen LogP contribution in [0.4, 0.5) is 0 Å². The molecule has 1 amide bonds. The van der Waals surface area contributed by atoms with Crippen LogP contribution in [-0.4, -0.2) is 34.6 Å². The third-order valence-electron chi connectivity index (χ3n) is 10.3. The molecule has 1 heterocycles. The lowest BCUT2D eigenvalue weighted by Crippen LogP contribution is -2.51. The van der Waals surface area contributed by atoms with E-state index in [4.69, 9.17) is 0 Å². The average molecular weight is 388 g/mol. The Kier molecular flexibility index (Phi) is 4.85. The first-order valence-electron chi connectivity index (χ1n) is 12.4. The van der Waals surface area contributed by atoms with Crippen molar-refractivity contribution in [1.29, 1.82) is 0 Å². The van der Waals surface area contributed by atoms with Crippen LogP contribution in [0.3, 0.4) is 0 Å². The number of aliphatic hydroxyl groups is 1. The van der Waals surface area contributed by atoms with Crippen molar-refractivity contribution in [2.24, 2.45) is 40.9 Å². The van der Waals surface area contributed by atoms with Gasteiger partial charge in [-0.05, 0) is 118 Å². The van der Waals surface area contributed by atoms with Gasteiger partial charge < -0.3 is 10.0 Å². The minimum absolute atomic E-state index is 0.406. The second-order valence-corrected chi connectivity index (χ2v) is 11.8. The van der Waals surface area contributed by atoms with Crippen LogP contribution in [0.2, 0.25) is 0 Å². The van der Waals surface area contributed by atoms with Gasteiger partial charge in [0.25, 0.3) is 0 Å². The van der Waals surface area contributed by atoms with Gasteiger partial charge in [0.1, 0.15) is 0 Å². The fourth-order valence-electron chi connectivity index (χ4n) is 8.81. The zero-order valence-electron chi connectivity index (χ0n) is 18.2. The van der Waals surface area contributed by atoms with Crippen molar-refractivity contribution in [3.63, 3.8) is 0 Å². The molecule has 0 unspecified atom stereocenters. The fourth-order valence-corrected chi connectivity index (χ4v) is 8.81. The molecule has 1 saturated heterocycles. The predicted octanol–water partition coefficient (Wildman–Crippen LogP) is 5.02. The summed E-state index contributed by atoms with van der Waals surface area (Å²) in [6, 6.07) is 0. The highest BCUT2D eigenvalue weighted by atomic mass is 16.3. The van der Waals surface area contributed by atoms with E-state index in [2.05, 4.69) is 18.7 Å². The summed E-state index contributed by atoms with van der Waals surface area (Å²) in [6.45, 7) is 6.71. The van der Waals surface area contributed by atoms with Gasteiger partial charge in [0.2, 0.25) is 5.91 Å². The van der Waals surface area contributed by atoms with Gasteiger partial charge in [-0.25, -0.2) is 0 Å². The summed E-state index contributed by atoms with van der Waals surface area (Å²) in [5, 5.41) is 10.6. The van der Waals surface area contributed by atoms with Gasteiger partial charge in [-0.15, -0.1) is 0 Å². The highest BCUT2D eigenvalue weighted by Crippen LogP contribution is 2.64. The molecule has 0 aromatic rings. The molecule has 4 aliphatic carbocycles. The molecule has 3 nitrogen and oxygen atoms in total. The summed E-state index contributed by atoms with van der Waals surface area (Å²) in [7, 11) is 0. The smallest absolute Gasteiger partial charge is 0.222 e. The first kappa shape index (κ1) is 19.4. The lowest BCUT2D eigenvalue weighted by Gasteiger charge is -2.57. The molecule has 0 aromatic carbocycles. The second kappa shape index (κ2) is 7.00. The van der Waals surface area contributed by atoms with E-state index in [1.54, 1.807) is 0 Å². The van der Waals surface area contributed by atoms with Crippen LogP contribution in [0.25, 0.3) is 0 Å². The molecular formula is C25H41NO2. The van der Waals surface area contributed by atoms with Crippen molar-refractivity contribution in [2.45, 2.75) is 96.5 Å². The quantitative estimate of drug-likeness (QED) is 0.723. The van der Waals surface area contributed by atoms with Crippen molar-refractivity contribution >= 4 is 5.91 Å². The molecule has 158 valence electrons. The van der Waals surface area contributed by atoms with Gasteiger partial charge in [-0.1, -0.05) is 6.92 Å². The molecule has 0 spiro atoms. The molecule has 4 saturated carbocycles. The van der Waals surface area contributed by atoms with E-state index in [1.165, 1.54) is 51.4 Å². The average Bonchev–Trinajstić information content (AvgIpc) is 2.99. The van der Waals surface area contributed by atoms with E-state index in [0.29, 0.717) is 11.3 Å². The van der Waals surface area contributed by atoms with E-state index < -0.39 is 5.60 Å². The second-order valence-electron chi connectivity index (χ2n) is 11.8. The number of likely N-dealkylation sites (tertiary alicyclic amines) is 1. The van der Waals surface area contributed by atoms with E-state index in [9.17, 15) is 9.90 Å². The highest BCUT2D eigenvalue weighted by molar-refractivity contribution is 5.76. The zero-order valence-corrected chi connectivity index (χ0v) is 18.2. The minimum atomic E-state index is -0.406. The number of rotatable bonds is 2. The van der Waals surface area contributed by atoms with E-state index >= 15 is 0 Å². The summed E-state index contributed by atoms with van der Waals surface area (Å²) in [5.74, 6) is 5.53. The Balaban J connectivity index is 1.30. The van der Waals surface area contributed by atoms with Crippen LogP contribution in [0.1, 0.15) is 90.9 Å². The predicted molar refractivity (Wildman–Crippen MR) is 112 cm³/mol. The van der Waals surface area contributed by atoms with Crippen molar-refractivity contribution in [2.75, 3.05) is 13.1 Å². The van der Waals surface area contributed by atoms with Crippen molar-refractivity contribution < 1.29 is 9.90 Å². The number of nitrogens with zero attached hydrogens (tertiary/aromatic N) is 1. The Morgan fingerprint density at radius 3 is 2.61 bits per heavy atom. The fraction of sp³-hybridized carbons (Fsp3) is 0.960. The molecular weight excluding hydrogens is 346 g/mol. The third-order valence-corrected chi connectivity index (χ3v) is 10.3. The number of fused-ring (bicyclic) bond motifs is 5. The van der Waals surface area contributed by atoms with Crippen LogP contribution in [0, 0.1) is 40.9 Å². The number of hydrogen-bond donors (Lipinski definition) is 1. The number of amides is 1. The van der Waals surface area contributed by atoms with Crippen molar-refractivity contribution in [1.82, 2.24) is 4.90 Å². The maximum atomic E-state index is 12.4. The Labute approximate surface area is 171 Å². The number of hydrogen-bond acceptors (Lipinski definition) is 2. The first-order chi connectivity index (χ1) is 13.4. The minimum Gasteiger partial charge on any atom is -0.390 e. The SMILES string of the molecule is C[C@@]1(O)CC[C@H]2[C@H](CC[C@@H]3[C@@H]2CC[C@]2(C)[C@@H](CN4CCCCC4=O)CC[C@@H]32)C1. The lowest BCUT2D eigenvalue weighted by atomic mass is 9.49. The van der Waals surface area contributed by atoms with Gasteiger partial charge in [0.05, 0.1) is 5.60 Å².